The highest BCUT2D eigenvalue weighted by atomic mass is 35.5. The first-order chi connectivity index (χ1) is 12.4. The molecule has 1 unspecified atom stereocenters. The van der Waals surface area contributed by atoms with Crippen LogP contribution in [0.4, 0.5) is 14.5 Å². The van der Waals surface area contributed by atoms with Gasteiger partial charge in [-0.05, 0) is 12.1 Å². The number of benzene rings is 1. The van der Waals surface area contributed by atoms with Crippen molar-refractivity contribution in [1.29, 1.82) is 0 Å². The molecule has 3 rings (SSSR count). The molecule has 2 aromatic heterocycles. The number of aryl methyl sites for hydroxylation is 1. The van der Waals surface area contributed by atoms with Gasteiger partial charge >= 0.3 is 0 Å². The van der Waals surface area contributed by atoms with Crippen LogP contribution in [0.1, 0.15) is 11.7 Å². The Morgan fingerprint density at radius 3 is 2.73 bits per heavy atom. The number of nitrogens with one attached hydrogen (secondary N) is 1. The molecule has 1 aromatic carbocycles. The summed E-state index contributed by atoms with van der Waals surface area (Å²) in [4.78, 5) is 12.3. The van der Waals surface area contributed by atoms with E-state index in [2.05, 4.69) is 15.5 Å². The molecular weight excluding hydrogens is 368 g/mol. The second-order valence-corrected chi connectivity index (χ2v) is 5.91. The van der Waals surface area contributed by atoms with Crippen LogP contribution in [0.25, 0.3) is 5.69 Å². The van der Waals surface area contributed by atoms with Gasteiger partial charge in [-0.25, -0.2) is 8.78 Å². The van der Waals surface area contributed by atoms with Gasteiger partial charge in [-0.15, -0.1) is 0 Å². The Kier molecular flexibility index (Phi) is 5.01. The van der Waals surface area contributed by atoms with E-state index >= 15 is 0 Å². The molecule has 0 saturated heterocycles. The number of nitrogens with zero attached hydrogens (tertiary/aromatic N) is 4. The number of anilines is 1. The van der Waals surface area contributed by atoms with E-state index in [1.165, 1.54) is 12.4 Å². The van der Waals surface area contributed by atoms with Gasteiger partial charge in [-0.3, -0.25) is 9.48 Å². The summed E-state index contributed by atoms with van der Waals surface area (Å²) in [6.07, 6.45) is 3.52. The van der Waals surface area contributed by atoms with Gasteiger partial charge in [0.05, 0.1) is 24.2 Å². The van der Waals surface area contributed by atoms with E-state index < -0.39 is 23.3 Å². The Balaban J connectivity index is 1.82. The number of hydrogen-bond donors (Lipinski definition) is 2. The van der Waals surface area contributed by atoms with Gasteiger partial charge in [0, 0.05) is 31.4 Å². The lowest BCUT2D eigenvalue weighted by Crippen LogP contribution is -2.24. The summed E-state index contributed by atoms with van der Waals surface area (Å²) in [5, 5.41) is 20.5. The van der Waals surface area contributed by atoms with Crippen molar-refractivity contribution >= 4 is 17.3 Å². The Labute approximate surface area is 151 Å². The number of hydrogen-bond acceptors (Lipinski definition) is 5. The Bertz CT molecular complexity index is 1000. The molecule has 26 heavy (non-hydrogen) atoms. The summed E-state index contributed by atoms with van der Waals surface area (Å²) in [5.41, 5.74) is -0.234. The van der Waals surface area contributed by atoms with Gasteiger partial charge in [0.1, 0.15) is 16.5 Å². The van der Waals surface area contributed by atoms with Crippen LogP contribution in [0, 0.1) is 11.6 Å². The molecule has 0 aliphatic carbocycles. The summed E-state index contributed by atoms with van der Waals surface area (Å²) in [6, 6.07) is 2.75. The van der Waals surface area contributed by atoms with E-state index in [9.17, 15) is 18.7 Å². The number of aliphatic hydroxyl groups excluding tert-OH is 1. The molecule has 0 aliphatic rings. The largest absolute Gasteiger partial charge is 0.386 e. The van der Waals surface area contributed by atoms with E-state index in [1.807, 2.05) is 0 Å². The molecule has 0 spiro atoms. The normalized spacial score (nSPS) is 12.2. The van der Waals surface area contributed by atoms with E-state index in [1.54, 1.807) is 17.9 Å². The van der Waals surface area contributed by atoms with Crippen molar-refractivity contribution in [3.05, 3.63) is 69.4 Å². The van der Waals surface area contributed by atoms with Gasteiger partial charge in [0.15, 0.2) is 5.82 Å². The minimum atomic E-state index is -0.941. The van der Waals surface area contributed by atoms with Crippen LogP contribution >= 0.6 is 11.6 Å². The zero-order valence-electron chi connectivity index (χ0n) is 13.5. The van der Waals surface area contributed by atoms with Crippen LogP contribution in [0.5, 0.6) is 0 Å². The highest BCUT2D eigenvalue weighted by Gasteiger charge is 2.15. The van der Waals surface area contributed by atoms with Crippen LogP contribution < -0.4 is 10.9 Å². The van der Waals surface area contributed by atoms with E-state index in [4.69, 9.17) is 11.6 Å². The quantitative estimate of drug-likeness (QED) is 0.706. The third-order valence-electron chi connectivity index (χ3n) is 3.65. The maximum Gasteiger partial charge on any atom is 0.292 e. The predicted molar refractivity (Wildman–Crippen MR) is 91.4 cm³/mol. The molecule has 0 bridgehead atoms. The Morgan fingerprint density at radius 1 is 1.31 bits per heavy atom. The lowest BCUT2D eigenvalue weighted by Gasteiger charge is -2.13. The highest BCUT2D eigenvalue weighted by molar-refractivity contribution is 6.32. The number of rotatable bonds is 5. The van der Waals surface area contributed by atoms with Gasteiger partial charge in [0.25, 0.3) is 5.56 Å². The molecule has 10 heteroatoms. The van der Waals surface area contributed by atoms with Crippen molar-refractivity contribution in [1.82, 2.24) is 19.6 Å². The van der Waals surface area contributed by atoms with Crippen molar-refractivity contribution in [3.8, 4) is 5.69 Å². The maximum absolute atomic E-state index is 13.9. The smallest absolute Gasteiger partial charge is 0.292 e. The number of aliphatic hydroxyl groups is 1. The number of aromatic nitrogens is 4. The van der Waals surface area contributed by atoms with E-state index in [0.717, 1.165) is 16.8 Å². The minimum absolute atomic E-state index is 0.0570. The molecule has 0 radical (unpaired) electrons. The van der Waals surface area contributed by atoms with E-state index in [0.29, 0.717) is 11.6 Å². The summed E-state index contributed by atoms with van der Waals surface area (Å²) in [7, 11) is 1.72. The highest BCUT2D eigenvalue weighted by Crippen LogP contribution is 2.20. The molecule has 2 heterocycles. The molecule has 1 atom stereocenters. The van der Waals surface area contributed by atoms with Crippen LogP contribution in [0.3, 0.4) is 0 Å². The third kappa shape index (κ3) is 3.58. The summed E-state index contributed by atoms with van der Waals surface area (Å²) in [5.74, 6) is -1.71. The lowest BCUT2D eigenvalue weighted by molar-refractivity contribution is 0.191. The average Bonchev–Trinajstić information content (AvgIpc) is 3.03. The first-order valence-electron chi connectivity index (χ1n) is 7.50. The molecule has 0 fully saturated rings. The molecule has 0 aliphatic heterocycles. The maximum atomic E-state index is 13.9. The SMILES string of the molecule is Cn1cc(C(O)CNc2cnn(-c3ccc(F)cc3F)c(=O)c2Cl)cn1. The zero-order valence-corrected chi connectivity index (χ0v) is 14.3. The molecule has 0 saturated carbocycles. The fourth-order valence-corrected chi connectivity index (χ4v) is 2.51. The fraction of sp³-hybridized carbons (Fsp3) is 0.188. The predicted octanol–water partition coefficient (Wildman–Crippen LogP) is 2.04. The number of halogens is 3. The summed E-state index contributed by atoms with van der Waals surface area (Å²) >= 11 is 6.04. The van der Waals surface area contributed by atoms with Gasteiger partial charge in [-0.2, -0.15) is 14.9 Å². The first-order valence-corrected chi connectivity index (χ1v) is 7.88. The second-order valence-electron chi connectivity index (χ2n) is 5.53. The van der Waals surface area contributed by atoms with Crippen LogP contribution in [0.2, 0.25) is 5.02 Å². The minimum Gasteiger partial charge on any atom is -0.386 e. The lowest BCUT2D eigenvalue weighted by atomic mass is 10.2. The van der Waals surface area contributed by atoms with Crippen molar-refractivity contribution < 1.29 is 13.9 Å². The van der Waals surface area contributed by atoms with E-state index in [-0.39, 0.29) is 22.9 Å². The Morgan fingerprint density at radius 2 is 2.08 bits per heavy atom. The second kappa shape index (κ2) is 7.22. The zero-order chi connectivity index (χ0) is 18.8. The average molecular weight is 382 g/mol. The molecule has 136 valence electrons. The van der Waals surface area contributed by atoms with Gasteiger partial charge in [0.2, 0.25) is 0 Å². The van der Waals surface area contributed by atoms with Crippen LogP contribution in [-0.2, 0) is 7.05 Å². The summed E-state index contributed by atoms with van der Waals surface area (Å²) < 4.78 is 29.1. The van der Waals surface area contributed by atoms with Gasteiger partial charge < -0.3 is 10.4 Å². The molecule has 2 N–H and O–H groups in total. The van der Waals surface area contributed by atoms with Crippen molar-refractivity contribution in [3.63, 3.8) is 0 Å². The molecular formula is C16H14ClF2N5O2. The molecule has 0 amide bonds. The Hall–Kier alpha value is -2.78. The molecule has 3 aromatic rings. The summed E-state index contributed by atoms with van der Waals surface area (Å²) in [6.45, 7) is 0.0570. The van der Waals surface area contributed by atoms with Crippen LogP contribution in [-0.4, -0.2) is 31.2 Å². The van der Waals surface area contributed by atoms with Crippen molar-refractivity contribution in [2.24, 2.45) is 7.05 Å². The third-order valence-corrected chi connectivity index (χ3v) is 4.02. The fourth-order valence-electron chi connectivity index (χ4n) is 2.32. The topological polar surface area (TPSA) is 85.0 Å². The van der Waals surface area contributed by atoms with Crippen LogP contribution in [0.15, 0.2) is 41.6 Å². The van der Waals surface area contributed by atoms with Gasteiger partial charge in [-0.1, -0.05) is 11.6 Å². The first kappa shape index (κ1) is 18.0. The standard InChI is InChI=1S/C16H14ClF2N5O2/c1-23-8-9(5-21-23)14(25)7-20-12-6-22-24(16(26)15(12)17)13-3-2-10(18)4-11(13)19/h2-6,8,14,20,25H,7H2,1H3. The van der Waals surface area contributed by atoms with Crippen molar-refractivity contribution in [2.75, 3.05) is 11.9 Å². The van der Waals surface area contributed by atoms with Crippen molar-refractivity contribution in [2.45, 2.75) is 6.10 Å². The molecule has 7 nitrogen and oxygen atoms in total. The monoisotopic (exact) mass is 381 g/mol.